The summed E-state index contributed by atoms with van der Waals surface area (Å²) in [4.78, 5) is 14.0. The van der Waals surface area contributed by atoms with Crippen molar-refractivity contribution in [2.75, 3.05) is 6.54 Å². The molecule has 1 aromatic rings. The number of hydrogen-bond acceptors (Lipinski definition) is 2. The van der Waals surface area contributed by atoms with E-state index in [2.05, 4.69) is 0 Å². The van der Waals surface area contributed by atoms with Crippen molar-refractivity contribution in [2.24, 2.45) is 11.8 Å². The molecule has 3 heteroatoms. The minimum atomic E-state index is -0.581. The molecule has 0 radical (unpaired) electrons. The van der Waals surface area contributed by atoms with Crippen molar-refractivity contribution in [3.8, 4) is 0 Å². The molecule has 2 fully saturated rings. The summed E-state index contributed by atoms with van der Waals surface area (Å²) in [5.41, 5.74) is 0.676. The second-order valence-corrected chi connectivity index (χ2v) is 5.45. The minimum absolute atomic E-state index is 0.0301. The molecule has 0 unspecified atom stereocenters. The fraction of sp³-hybridized carbons (Fsp3) is 0.533. The molecule has 3 rings (SSSR count). The van der Waals surface area contributed by atoms with Gasteiger partial charge in [-0.1, -0.05) is 31.0 Å². The number of aliphatic hydroxyl groups is 1. The van der Waals surface area contributed by atoms with E-state index in [1.165, 1.54) is 12.8 Å². The Kier molecular flexibility index (Phi) is 3.08. The number of carbonyl (C=O) groups is 1. The van der Waals surface area contributed by atoms with Gasteiger partial charge in [0.25, 0.3) is 5.91 Å². The van der Waals surface area contributed by atoms with Gasteiger partial charge in [-0.15, -0.1) is 0 Å². The lowest BCUT2D eigenvalue weighted by atomic mass is 9.81. The Labute approximate surface area is 107 Å². The van der Waals surface area contributed by atoms with E-state index in [9.17, 15) is 9.90 Å². The third-order valence-corrected chi connectivity index (χ3v) is 4.38. The topological polar surface area (TPSA) is 40.5 Å². The van der Waals surface area contributed by atoms with Crippen LogP contribution in [0.4, 0.5) is 0 Å². The average Bonchev–Trinajstić information content (AvgIpc) is 2.77. The van der Waals surface area contributed by atoms with Crippen molar-refractivity contribution in [1.29, 1.82) is 0 Å². The largest absolute Gasteiger partial charge is 0.373 e. The van der Waals surface area contributed by atoms with E-state index < -0.39 is 6.23 Å². The summed E-state index contributed by atoms with van der Waals surface area (Å²) in [7, 11) is 0. The van der Waals surface area contributed by atoms with Gasteiger partial charge in [0.15, 0.2) is 0 Å². The van der Waals surface area contributed by atoms with Gasteiger partial charge in [0, 0.05) is 18.0 Å². The number of fused-ring (bicyclic) bond motifs is 1. The lowest BCUT2D eigenvalue weighted by molar-refractivity contribution is 0.00406. The lowest BCUT2D eigenvalue weighted by Crippen LogP contribution is -2.37. The highest BCUT2D eigenvalue weighted by molar-refractivity contribution is 5.94. The molecule has 1 saturated carbocycles. The van der Waals surface area contributed by atoms with Crippen LogP contribution in [-0.4, -0.2) is 28.7 Å². The zero-order chi connectivity index (χ0) is 12.5. The predicted molar refractivity (Wildman–Crippen MR) is 68.9 cm³/mol. The molecule has 96 valence electrons. The SMILES string of the molecule is O=C(c1ccccc1)N1C[C@H]2CCCC[C@H]2[C@@H]1O. The smallest absolute Gasteiger partial charge is 0.255 e. The number of likely N-dealkylation sites (tertiary alicyclic amines) is 1. The Morgan fingerprint density at radius 2 is 1.89 bits per heavy atom. The molecule has 1 saturated heterocycles. The summed E-state index contributed by atoms with van der Waals surface area (Å²) in [6.07, 6.45) is 4.06. The number of rotatable bonds is 1. The van der Waals surface area contributed by atoms with Crippen LogP contribution in [0, 0.1) is 11.8 Å². The monoisotopic (exact) mass is 245 g/mol. The summed E-state index contributed by atoms with van der Waals surface area (Å²) >= 11 is 0. The van der Waals surface area contributed by atoms with E-state index in [-0.39, 0.29) is 5.91 Å². The molecule has 3 nitrogen and oxygen atoms in total. The fourth-order valence-corrected chi connectivity index (χ4v) is 3.40. The predicted octanol–water partition coefficient (Wildman–Crippen LogP) is 2.27. The molecule has 1 aliphatic heterocycles. The van der Waals surface area contributed by atoms with Gasteiger partial charge >= 0.3 is 0 Å². The number of carbonyl (C=O) groups excluding carboxylic acids is 1. The highest BCUT2D eigenvalue weighted by atomic mass is 16.3. The van der Waals surface area contributed by atoms with Crippen LogP contribution in [0.3, 0.4) is 0 Å². The van der Waals surface area contributed by atoms with Crippen LogP contribution in [0.2, 0.25) is 0 Å². The van der Waals surface area contributed by atoms with E-state index in [0.29, 0.717) is 17.4 Å². The van der Waals surface area contributed by atoms with Crippen LogP contribution in [0.25, 0.3) is 0 Å². The molecule has 1 aromatic carbocycles. The third kappa shape index (κ3) is 1.93. The Bertz CT molecular complexity index is 431. The first-order chi connectivity index (χ1) is 8.77. The van der Waals surface area contributed by atoms with Crippen molar-refractivity contribution < 1.29 is 9.90 Å². The standard InChI is InChI=1S/C15H19NO2/c17-14(11-6-2-1-3-7-11)16-10-12-8-4-5-9-13(12)15(16)18/h1-3,6-7,12-13,15,18H,4-5,8-10H2/t12-,13-,15+/m1/s1. The van der Waals surface area contributed by atoms with E-state index in [0.717, 1.165) is 19.4 Å². The first-order valence-corrected chi connectivity index (χ1v) is 6.81. The molecular formula is C15H19NO2. The summed E-state index contributed by atoms with van der Waals surface area (Å²) in [5.74, 6) is 0.769. The van der Waals surface area contributed by atoms with E-state index in [4.69, 9.17) is 0 Å². The van der Waals surface area contributed by atoms with Gasteiger partial charge in [0.1, 0.15) is 6.23 Å². The second-order valence-electron chi connectivity index (χ2n) is 5.45. The zero-order valence-corrected chi connectivity index (χ0v) is 10.5. The fourth-order valence-electron chi connectivity index (χ4n) is 3.40. The van der Waals surface area contributed by atoms with Gasteiger partial charge < -0.3 is 10.0 Å². The molecule has 18 heavy (non-hydrogen) atoms. The van der Waals surface area contributed by atoms with E-state index in [1.807, 2.05) is 30.3 Å². The van der Waals surface area contributed by atoms with Crippen LogP contribution in [0.1, 0.15) is 36.0 Å². The molecule has 1 N–H and O–H groups in total. The maximum atomic E-state index is 12.4. The van der Waals surface area contributed by atoms with Crippen LogP contribution < -0.4 is 0 Å². The summed E-state index contributed by atoms with van der Waals surface area (Å²) < 4.78 is 0. The zero-order valence-electron chi connectivity index (χ0n) is 10.5. The van der Waals surface area contributed by atoms with Crippen molar-refractivity contribution >= 4 is 5.91 Å². The molecule has 1 heterocycles. The van der Waals surface area contributed by atoms with Crippen LogP contribution in [0.5, 0.6) is 0 Å². The Balaban J connectivity index is 1.79. The molecule has 1 amide bonds. The van der Waals surface area contributed by atoms with Gasteiger partial charge in [-0.05, 0) is 30.9 Å². The molecular weight excluding hydrogens is 226 g/mol. The van der Waals surface area contributed by atoms with Gasteiger partial charge in [-0.2, -0.15) is 0 Å². The van der Waals surface area contributed by atoms with Gasteiger partial charge in [-0.25, -0.2) is 0 Å². The molecule has 0 bridgehead atoms. The highest BCUT2D eigenvalue weighted by Crippen LogP contribution is 2.39. The van der Waals surface area contributed by atoms with E-state index in [1.54, 1.807) is 4.90 Å². The average molecular weight is 245 g/mol. The number of nitrogens with zero attached hydrogens (tertiary/aromatic N) is 1. The Morgan fingerprint density at radius 3 is 2.61 bits per heavy atom. The number of benzene rings is 1. The van der Waals surface area contributed by atoms with Gasteiger partial charge in [0.05, 0.1) is 0 Å². The molecule has 3 atom stereocenters. The Morgan fingerprint density at radius 1 is 1.17 bits per heavy atom. The molecule has 1 aliphatic carbocycles. The minimum Gasteiger partial charge on any atom is -0.373 e. The molecule has 0 spiro atoms. The van der Waals surface area contributed by atoms with Gasteiger partial charge in [0.2, 0.25) is 0 Å². The summed E-state index contributed by atoms with van der Waals surface area (Å²) in [5, 5.41) is 10.3. The van der Waals surface area contributed by atoms with Crippen LogP contribution >= 0.6 is 0 Å². The highest BCUT2D eigenvalue weighted by Gasteiger charge is 2.43. The third-order valence-electron chi connectivity index (χ3n) is 4.38. The number of hydrogen-bond donors (Lipinski definition) is 1. The van der Waals surface area contributed by atoms with Gasteiger partial charge in [-0.3, -0.25) is 4.79 Å². The van der Waals surface area contributed by atoms with Crippen molar-refractivity contribution in [3.05, 3.63) is 35.9 Å². The van der Waals surface area contributed by atoms with Crippen molar-refractivity contribution in [1.82, 2.24) is 4.90 Å². The van der Waals surface area contributed by atoms with Crippen LogP contribution in [0.15, 0.2) is 30.3 Å². The lowest BCUT2D eigenvalue weighted by Gasteiger charge is -2.26. The number of amides is 1. The Hall–Kier alpha value is -1.35. The number of aliphatic hydroxyl groups excluding tert-OH is 1. The molecule has 2 aliphatic rings. The summed E-state index contributed by atoms with van der Waals surface area (Å²) in [6.45, 7) is 0.722. The van der Waals surface area contributed by atoms with E-state index >= 15 is 0 Å². The molecule has 0 aromatic heterocycles. The van der Waals surface area contributed by atoms with Crippen molar-refractivity contribution in [2.45, 2.75) is 31.9 Å². The maximum absolute atomic E-state index is 12.4. The van der Waals surface area contributed by atoms with Crippen LogP contribution in [-0.2, 0) is 0 Å². The quantitative estimate of drug-likeness (QED) is 0.824. The maximum Gasteiger partial charge on any atom is 0.255 e. The normalized spacial score (nSPS) is 31.2. The first-order valence-electron chi connectivity index (χ1n) is 6.81. The van der Waals surface area contributed by atoms with Crippen molar-refractivity contribution in [3.63, 3.8) is 0 Å². The second kappa shape index (κ2) is 4.73. The first kappa shape index (κ1) is 11.7. The summed E-state index contributed by atoms with van der Waals surface area (Å²) in [6, 6.07) is 9.26.